The summed E-state index contributed by atoms with van der Waals surface area (Å²) in [6.07, 6.45) is 2.68. The van der Waals surface area contributed by atoms with Crippen LogP contribution in [0.2, 0.25) is 5.02 Å². The van der Waals surface area contributed by atoms with E-state index >= 15 is 0 Å². The lowest BCUT2D eigenvalue weighted by Gasteiger charge is -2.07. The van der Waals surface area contributed by atoms with Gasteiger partial charge in [-0.3, -0.25) is 19.9 Å². The molecule has 0 radical (unpaired) electrons. The molecule has 0 unspecified atom stereocenters. The first-order valence-corrected chi connectivity index (χ1v) is 5.75. The van der Waals surface area contributed by atoms with E-state index in [1.807, 2.05) is 0 Å². The van der Waals surface area contributed by atoms with Crippen LogP contribution in [0.5, 0.6) is 5.75 Å². The zero-order chi connectivity index (χ0) is 14.7. The minimum absolute atomic E-state index is 0.0795. The van der Waals surface area contributed by atoms with E-state index < -0.39 is 10.8 Å². The number of hydrogen-bond donors (Lipinski definition) is 2. The number of phenolic OH excluding ortho intramolecular Hbond substituents is 1. The Balaban J connectivity index is 2.30. The Bertz CT molecular complexity index is 690. The predicted octanol–water partition coefficient (Wildman–Crippen LogP) is 2.60. The minimum atomic E-state index is -0.633. The van der Waals surface area contributed by atoms with Gasteiger partial charge in [-0.05, 0) is 12.1 Å². The molecule has 1 heterocycles. The van der Waals surface area contributed by atoms with Gasteiger partial charge < -0.3 is 10.4 Å². The molecule has 0 bridgehead atoms. The van der Waals surface area contributed by atoms with Gasteiger partial charge in [-0.25, -0.2) is 0 Å². The van der Waals surface area contributed by atoms with Gasteiger partial charge in [-0.2, -0.15) is 0 Å². The number of nitrogens with zero attached hydrogens (tertiary/aromatic N) is 2. The van der Waals surface area contributed by atoms with Crippen molar-refractivity contribution >= 4 is 28.9 Å². The molecule has 1 aromatic heterocycles. The van der Waals surface area contributed by atoms with Gasteiger partial charge in [0.05, 0.1) is 21.2 Å². The number of halogens is 1. The molecule has 0 atom stereocenters. The van der Waals surface area contributed by atoms with Crippen molar-refractivity contribution in [3.63, 3.8) is 0 Å². The van der Waals surface area contributed by atoms with E-state index in [1.165, 1.54) is 18.5 Å². The Morgan fingerprint density at radius 2 is 2.15 bits per heavy atom. The number of rotatable bonds is 3. The molecule has 102 valence electrons. The molecule has 0 fully saturated rings. The van der Waals surface area contributed by atoms with E-state index in [1.54, 1.807) is 0 Å². The molecular weight excluding hydrogens is 286 g/mol. The Morgan fingerprint density at radius 1 is 1.40 bits per heavy atom. The van der Waals surface area contributed by atoms with E-state index in [0.29, 0.717) is 0 Å². The predicted molar refractivity (Wildman–Crippen MR) is 72.0 cm³/mol. The first-order chi connectivity index (χ1) is 9.49. The smallest absolute Gasteiger partial charge is 0.271 e. The number of aromatic hydroxyl groups is 1. The molecule has 7 nitrogen and oxygen atoms in total. The molecule has 0 saturated heterocycles. The van der Waals surface area contributed by atoms with Crippen molar-refractivity contribution in [2.75, 3.05) is 5.32 Å². The molecule has 0 spiro atoms. The van der Waals surface area contributed by atoms with E-state index in [0.717, 1.165) is 18.2 Å². The lowest BCUT2D eigenvalue weighted by atomic mass is 10.2. The molecule has 0 aliphatic heterocycles. The largest absolute Gasteiger partial charge is 0.506 e. The van der Waals surface area contributed by atoms with Crippen LogP contribution in [0, 0.1) is 10.1 Å². The van der Waals surface area contributed by atoms with Crippen LogP contribution in [0.3, 0.4) is 0 Å². The van der Waals surface area contributed by atoms with Crippen LogP contribution in [0.4, 0.5) is 11.4 Å². The summed E-state index contributed by atoms with van der Waals surface area (Å²) in [5.41, 5.74) is -0.237. The molecule has 8 heteroatoms. The number of non-ortho nitro benzene ring substituents is 1. The summed E-state index contributed by atoms with van der Waals surface area (Å²) < 4.78 is 0. The van der Waals surface area contributed by atoms with Gasteiger partial charge in [-0.15, -0.1) is 0 Å². The number of amides is 1. The standard InChI is InChI=1S/C12H8ClN3O4/c13-9-3-4-14-6-8(9)12(18)15-10-5-7(16(19)20)1-2-11(10)17/h1-6,17H,(H,15,18). The number of hydrogen-bond acceptors (Lipinski definition) is 5. The average molecular weight is 294 g/mol. The topological polar surface area (TPSA) is 105 Å². The molecule has 2 aromatic rings. The maximum Gasteiger partial charge on any atom is 0.271 e. The van der Waals surface area contributed by atoms with Gasteiger partial charge >= 0.3 is 0 Å². The molecule has 2 N–H and O–H groups in total. The van der Waals surface area contributed by atoms with Crippen LogP contribution in [0.1, 0.15) is 10.4 Å². The number of nitro groups is 1. The van der Waals surface area contributed by atoms with Crippen molar-refractivity contribution in [2.24, 2.45) is 0 Å². The fraction of sp³-hybridized carbons (Fsp3) is 0. The van der Waals surface area contributed by atoms with Crippen LogP contribution < -0.4 is 5.32 Å². The normalized spacial score (nSPS) is 10.1. The van der Waals surface area contributed by atoms with Crippen LogP contribution in [0.15, 0.2) is 36.7 Å². The van der Waals surface area contributed by atoms with Crippen molar-refractivity contribution < 1.29 is 14.8 Å². The summed E-state index contributed by atoms with van der Waals surface area (Å²) in [4.78, 5) is 25.7. The quantitative estimate of drug-likeness (QED) is 0.514. The molecule has 0 aliphatic carbocycles. The Hall–Kier alpha value is -2.67. The number of phenols is 1. The SMILES string of the molecule is O=C(Nc1cc([N+](=O)[O-])ccc1O)c1cnccc1Cl. The highest BCUT2D eigenvalue weighted by molar-refractivity contribution is 6.34. The zero-order valence-electron chi connectivity index (χ0n) is 9.91. The summed E-state index contributed by atoms with van der Waals surface area (Å²) >= 11 is 5.84. The number of carbonyl (C=O) groups is 1. The highest BCUT2D eigenvalue weighted by Gasteiger charge is 2.15. The number of anilines is 1. The molecule has 1 amide bonds. The third-order valence-corrected chi connectivity index (χ3v) is 2.78. The van der Waals surface area contributed by atoms with Crippen LogP contribution in [0.25, 0.3) is 0 Å². The average Bonchev–Trinajstić information content (AvgIpc) is 2.41. The van der Waals surface area contributed by atoms with E-state index in [2.05, 4.69) is 10.3 Å². The molecule has 20 heavy (non-hydrogen) atoms. The van der Waals surface area contributed by atoms with Crippen molar-refractivity contribution in [3.8, 4) is 5.75 Å². The number of aromatic nitrogens is 1. The number of pyridine rings is 1. The van der Waals surface area contributed by atoms with Gasteiger partial charge in [0.2, 0.25) is 0 Å². The summed E-state index contributed by atoms with van der Waals surface area (Å²) in [6.45, 7) is 0. The first kappa shape index (κ1) is 13.8. The lowest BCUT2D eigenvalue weighted by Crippen LogP contribution is -2.13. The number of nitrogens with one attached hydrogen (secondary N) is 1. The third kappa shape index (κ3) is 2.83. The maximum atomic E-state index is 12.0. The van der Waals surface area contributed by atoms with Gasteiger partial charge in [-0.1, -0.05) is 11.6 Å². The number of nitro benzene ring substituents is 1. The Labute approximate surface area is 118 Å². The Morgan fingerprint density at radius 3 is 2.80 bits per heavy atom. The molecule has 2 rings (SSSR count). The summed E-state index contributed by atoms with van der Waals surface area (Å²) in [5, 5.41) is 22.8. The van der Waals surface area contributed by atoms with E-state index in [-0.39, 0.29) is 27.7 Å². The minimum Gasteiger partial charge on any atom is -0.506 e. The fourth-order valence-corrected chi connectivity index (χ4v) is 1.66. The second-order valence-electron chi connectivity index (χ2n) is 3.77. The van der Waals surface area contributed by atoms with Crippen molar-refractivity contribution in [3.05, 3.63) is 57.4 Å². The highest BCUT2D eigenvalue weighted by Crippen LogP contribution is 2.28. The first-order valence-electron chi connectivity index (χ1n) is 5.37. The summed E-state index contributed by atoms with van der Waals surface area (Å²) in [5.74, 6) is -0.914. The van der Waals surface area contributed by atoms with Crippen LogP contribution in [-0.2, 0) is 0 Å². The molecule has 0 aliphatic rings. The second kappa shape index (κ2) is 5.54. The van der Waals surface area contributed by atoms with Gasteiger partial charge in [0, 0.05) is 24.5 Å². The molecular formula is C12H8ClN3O4. The zero-order valence-corrected chi connectivity index (χ0v) is 10.7. The van der Waals surface area contributed by atoms with Crippen molar-refractivity contribution in [1.82, 2.24) is 4.98 Å². The maximum absolute atomic E-state index is 12.0. The van der Waals surface area contributed by atoms with Gasteiger partial charge in [0.15, 0.2) is 0 Å². The monoisotopic (exact) mass is 293 g/mol. The summed E-state index contributed by atoms with van der Waals surface area (Å²) in [6, 6.07) is 4.74. The third-order valence-electron chi connectivity index (χ3n) is 2.45. The molecule has 0 saturated carbocycles. The molecule has 1 aromatic carbocycles. The van der Waals surface area contributed by atoms with Crippen LogP contribution >= 0.6 is 11.6 Å². The number of benzene rings is 1. The second-order valence-corrected chi connectivity index (χ2v) is 4.18. The summed E-state index contributed by atoms with van der Waals surface area (Å²) in [7, 11) is 0. The number of carbonyl (C=O) groups excluding carboxylic acids is 1. The fourth-order valence-electron chi connectivity index (χ4n) is 1.47. The van der Waals surface area contributed by atoms with E-state index in [4.69, 9.17) is 11.6 Å². The van der Waals surface area contributed by atoms with E-state index in [9.17, 15) is 20.0 Å². The van der Waals surface area contributed by atoms with Gasteiger partial charge in [0.25, 0.3) is 11.6 Å². The van der Waals surface area contributed by atoms with Gasteiger partial charge in [0.1, 0.15) is 5.75 Å². The van der Waals surface area contributed by atoms with Crippen LogP contribution in [-0.4, -0.2) is 20.9 Å². The van der Waals surface area contributed by atoms with Crippen molar-refractivity contribution in [2.45, 2.75) is 0 Å². The van der Waals surface area contributed by atoms with Crippen molar-refractivity contribution in [1.29, 1.82) is 0 Å². The Kier molecular flexibility index (Phi) is 3.81. The highest BCUT2D eigenvalue weighted by atomic mass is 35.5. The lowest BCUT2D eigenvalue weighted by molar-refractivity contribution is -0.384.